The van der Waals surface area contributed by atoms with Gasteiger partial charge in [0.25, 0.3) is 5.91 Å². The number of ketones is 1. The maximum atomic E-state index is 12.3. The van der Waals surface area contributed by atoms with Crippen LogP contribution in [0.15, 0.2) is 53.0 Å². The molecule has 0 aromatic heterocycles. The predicted molar refractivity (Wildman–Crippen MR) is 111 cm³/mol. The van der Waals surface area contributed by atoms with Gasteiger partial charge in [0, 0.05) is 34.4 Å². The number of Topliss-reactive ketones (excluding diaryl/α,β-unsaturated/α-hetero) is 1. The first-order valence-electron chi connectivity index (χ1n) is 8.97. The first-order valence-corrected chi connectivity index (χ1v) is 9.76. The molecule has 29 heavy (non-hydrogen) atoms. The molecule has 0 radical (unpaired) electrons. The fourth-order valence-electron chi connectivity index (χ4n) is 3.00. The van der Waals surface area contributed by atoms with E-state index in [2.05, 4.69) is 21.2 Å². The molecule has 8 heteroatoms. The van der Waals surface area contributed by atoms with Gasteiger partial charge in [-0.05, 0) is 43.3 Å². The molecule has 0 spiro atoms. The van der Waals surface area contributed by atoms with Crippen LogP contribution in [0.5, 0.6) is 0 Å². The van der Waals surface area contributed by atoms with Crippen molar-refractivity contribution in [3.63, 3.8) is 0 Å². The van der Waals surface area contributed by atoms with E-state index >= 15 is 0 Å². The summed E-state index contributed by atoms with van der Waals surface area (Å²) in [5.41, 5.74) is 1.62. The van der Waals surface area contributed by atoms with Crippen LogP contribution < -0.4 is 10.2 Å². The Morgan fingerprint density at radius 2 is 1.90 bits per heavy atom. The Bertz CT molecular complexity index is 958. The summed E-state index contributed by atoms with van der Waals surface area (Å²) >= 11 is 3.34. The van der Waals surface area contributed by atoms with Crippen LogP contribution in [0.1, 0.15) is 23.7 Å². The number of nitrogens with one attached hydrogen (secondary N) is 1. The highest BCUT2D eigenvalue weighted by Crippen LogP contribution is 2.27. The minimum absolute atomic E-state index is 0.0389. The molecular formula is C21H19BrN2O5. The second kappa shape index (κ2) is 9.00. The highest BCUT2D eigenvalue weighted by Gasteiger charge is 2.36. The molecule has 2 aromatic rings. The predicted octanol–water partition coefficient (Wildman–Crippen LogP) is 3.19. The van der Waals surface area contributed by atoms with Gasteiger partial charge < -0.3 is 15.0 Å². The van der Waals surface area contributed by atoms with E-state index in [9.17, 15) is 19.2 Å². The molecular weight excluding hydrogens is 440 g/mol. The lowest BCUT2D eigenvalue weighted by Gasteiger charge is -2.16. The van der Waals surface area contributed by atoms with E-state index in [0.717, 1.165) is 4.47 Å². The quantitative estimate of drug-likeness (QED) is 0.529. The average molecular weight is 459 g/mol. The molecule has 150 valence electrons. The van der Waals surface area contributed by atoms with Crippen LogP contribution in [0.3, 0.4) is 0 Å². The van der Waals surface area contributed by atoms with Gasteiger partial charge in [-0.15, -0.1) is 0 Å². The number of hydrogen-bond acceptors (Lipinski definition) is 5. The largest absolute Gasteiger partial charge is 0.455 e. The summed E-state index contributed by atoms with van der Waals surface area (Å²) in [6.07, 6.45) is 0.0389. The van der Waals surface area contributed by atoms with E-state index < -0.39 is 24.4 Å². The molecule has 0 aliphatic carbocycles. The molecule has 0 unspecified atom stereocenters. The number of halogens is 1. The van der Waals surface area contributed by atoms with E-state index in [-0.39, 0.29) is 24.7 Å². The van der Waals surface area contributed by atoms with Crippen molar-refractivity contribution in [2.24, 2.45) is 5.92 Å². The van der Waals surface area contributed by atoms with Gasteiger partial charge in [-0.1, -0.05) is 28.1 Å². The number of carbonyl (C=O) groups excluding carboxylic acids is 4. The minimum atomic E-state index is -0.625. The Morgan fingerprint density at radius 1 is 1.17 bits per heavy atom. The Hall–Kier alpha value is -3.00. The SMILES string of the molecule is CC(=O)c1cccc(NC(=O)COC(=O)[C@@H]2CC(=O)N(c3ccc(Br)cc3)C2)c1. The second-order valence-corrected chi connectivity index (χ2v) is 7.59. The lowest BCUT2D eigenvalue weighted by atomic mass is 10.1. The van der Waals surface area contributed by atoms with Gasteiger partial charge in [0.15, 0.2) is 12.4 Å². The highest BCUT2D eigenvalue weighted by atomic mass is 79.9. The molecule has 1 aliphatic heterocycles. The third-order valence-corrected chi connectivity index (χ3v) is 5.02. The van der Waals surface area contributed by atoms with Gasteiger partial charge in [0.1, 0.15) is 0 Å². The normalized spacial score (nSPS) is 15.9. The molecule has 0 saturated carbocycles. The Labute approximate surface area is 176 Å². The number of anilines is 2. The van der Waals surface area contributed by atoms with Gasteiger partial charge >= 0.3 is 5.97 Å². The number of ether oxygens (including phenoxy) is 1. The summed E-state index contributed by atoms with van der Waals surface area (Å²) in [4.78, 5) is 49.5. The number of hydrogen-bond donors (Lipinski definition) is 1. The molecule has 1 saturated heterocycles. The van der Waals surface area contributed by atoms with Crippen molar-refractivity contribution in [2.45, 2.75) is 13.3 Å². The molecule has 0 bridgehead atoms. The summed E-state index contributed by atoms with van der Waals surface area (Å²) in [5.74, 6) is -2.02. The maximum absolute atomic E-state index is 12.3. The summed E-state index contributed by atoms with van der Waals surface area (Å²) in [6, 6.07) is 13.7. The number of benzene rings is 2. The zero-order valence-electron chi connectivity index (χ0n) is 15.7. The van der Waals surface area contributed by atoms with E-state index in [1.54, 1.807) is 36.4 Å². The number of esters is 1. The van der Waals surface area contributed by atoms with Crippen molar-refractivity contribution in [1.29, 1.82) is 0 Å². The van der Waals surface area contributed by atoms with Crippen LogP contribution in [0.25, 0.3) is 0 Å². The summed E-state index contributed by atoms with van der Waals surface area (Å²) in [7, 11) is 0. The molecule has 1 N–H and O–H groups in total. The maximum Gasteiger partial charge on any atom is 0.311 e. The Balaban J connectivity index is 1.52. The number of rotatable bonds is 6. The van der Waals surface area contributed by atoms with Gasteiger partial charge in [-0.25, -0.2) is 0 Å². The van der Waals surface area contributed by atoms with Crippen LogP contribution in [0, 0.1) is 5.92 Å². The van der Waals surface area contributed by atoms with Crippen molar-refractivity contribution in [3.8, 4) is 0 Å². The number of amides is 2. The fraction of sp³-hybridized carbons (Fsp3) is 0.238. The van der Waals surface area contributed by atoms with Gasteiger partial charge in [-0.2, -0.15) is 0 Å². The van der Waals surface area contributed by atoms with E-state index in [1.807, 2.05) is 12.1 Å². The lowest BCUT2D eigenvalue weighted by molar-refractivity contribution is -0.151. The smallest absolute Gasteiger partial charge is 0.311 e. The Kier molecular flexibility index (Phi) is 6.43. The van der Waals surface area contributed by atoms with Crippen LogP contribution in [-0.4, -0.2) is 36.7 Å². The molecule has 1 fully saturated rings. The van der Waals surface area contributed by atoms with Gasteiger partial charge in [0.2, 0.25) is 5.91 Å². The van der Waals surface area contributed by atoms with Crippen LogP contribution in [0.2, 0.25) is 0 Å². The minimum Gasteiger partial charge on any atom is -0.455 e. The number of carbonyl (C=O) groups is 4. The standard InChI is InChI=1S/C21H19BrN2O5/c1-13(25)14-3-2-4-17(9-14)23-19(26)12-29-21(28)15-10-20(27)24(11-15)18-7-5-16(22)6-8-18/h2-9,15H,10-12H2,1H3,(H,23,26)/t15-/m1/s1. The molecule has 3 rings (SSSR count). The lowest BCUT2D eigenvalue weighted by Crippen LogP contribution is -2.28. The van der Waals surface area contributed by atoms with Crippen molar-refractivity contribution < 1.29 is 23.9 Å². The molecule has 1 aliphatic rings. The molecule has 2 amide bonds. The van der Waals surface area contributed by atoms with Crippen LogP contribution in [-0.2, 0) is 19.1 Å². The van der Waals surface area contributed by atoms with E-state index in [4.69, 9.17) is 4.74 Å². The molecule has 1 heterocycles. The van der Waals surface area contributed by atoms with Crippen LogP contribution >= 0.6 is 15.9 Å². The zero-order valence-corrected chi connectivity index (χ0v) is 17.3. The van der Waals surface area contributed by atoms with Crippen molar-refractivity contribution >= 4 is 50.9 Å². The fourth-order valence-corrected chi connectivity index (χ4v) is 3.27. The topological polar surface area (TPSA) is 92.8 Å². The zero-order chi connectivity index (χ0) is 21.0. The van der Waals surface area contributed by atoms with Gasteiger partial charge in [0.05, 0.1) is 5.92 Å². The Morgan fingerprint density at radius 3 is 2.59 bits per heavy atom. The first kappa shape index (κ1) is 20.7. The monoisotopic (exact) mass is 458 g/mol. The van der Waals surface area contributed by atoms with E-state index in [1.165, 1.54) is 11.8 Å². The van der Waals surface area contributed by atoms with Crippen LogP contribution in [0.4, 0.5) is 11.4 Å². The average Bonchev–Trinajstić information content (AvgIpc) is 3.08. The second-order valence-electron chi connectivity index (χ2n) is 6.67. The summed E-state index contributed by atoms with van der Waals surface area (Å²) in [5, 5.41) is 2.58. The molecule has 1 atom stereocenters. The third kappa shape index (κ3) is 5.29. The first-order chi connectivity index (χ1) is 13.8. The third-order valence-electron chi connectivity index (χ3n) is 4.50. The number of nitrogens with zero attached hydrogens (tertiary/aromatic N) is 1. The highest BCUT2D eigenvalue weighted by molar-refractivity contribution is 9.10. The summed E-state index contributed by atoms with van der Waals surface area (Å²) in [6.45, 7) is 1.18. The summed E-state index contributed by atoms with van der Waals surface area (Å²) < 4.78 is 5.98. The van der Waals surface area contributed by atoms with Crippen molar-refractivity contribution in [3.05, 3.63) is 58.6 Å². The van der Waals surface area contributed by atoms with Crippen molar-refractivity contribution in [2.75, 3.05) is 23.4 Å². The van der Waals surface area contributed by atoms with Crippen molar-refractivity contribution in [1.82, 2.24) is 0 Å². The van der Waals surface area contributed by atoms with E-state index in [0.29, 0.717) is 16.9 Å². The van der Waals surface area contributed by atoms with Gasteiger partial charge in [-0.3, -0.25) is 19.2 Å². The molecule has 7 nitrogen and oxygen atoms in total. The molecule has 2 aromatic carbocycles.